The zero-order valence-electron chi connectivity index (χ0n) is 14.1. The van der Waals surface area contributed by atoms with Crippen molar-refractivity contribution in [3.63, 3.8) is 0 Å². The summed E-state index contributed by atoms with van der Waals surface area (Å²) in [7, 11) is -2.63. The van der Waals surface area contributed by atoms with Crippen LogP contribution in [0.25, 0.3) is 0 Å². The molecule has 1 heterocycles. The van der Waals surface area contributed by atoms with E-state index in [0.29, 0.717) is 15.7 Å². The van der Waals surface area contributed by atoms with Gasteiger partial charge in [-0.25, -0.2) is 12.7 Å². The molecule has 2 aromatic carbocycles. The summed E-state index contributed by atoms with van der Waals surface area (Å²) >= 11 is 0. The van der Waals surface area contributed by atoms with Crippen LogP contribution in [0.3, 0.4) is 0 Å². The molecule has 26 heavy (non-hydrogen) atoms. The maximum absolute atomic E-state index is 12.8. The minimum absolute atomic E-state index is 0.00389. The predicted molar refractivity (Wildman–Crippen MR) is 95.1 cm³/mol. The van der Waals surface area contributed by atoms with Crippen molar-refractivity contribution in [2.24, 2.45) is 0 Å². The van der Waals surface area contributed by atoms with E-state index in [4.69, 9.17) is 4.74 Å². The number of hydrogen-bond acceptors (Lipinski definition) is 5. The lowest BCUT2D eigenvalue weighted by Gasteiger charge is -2.24. The second-order valence-corrected chi connectivity index (χ2v) is 7.57. The molecule has 1 unspecified atom stereocenters. The van der Waals surface area contributed by atoms with E-state index in [2.05, 4.69) is 5.32 Å². The summed E-state index contributed by atoms with van der Waals surface area (Å²) in [5.74, 6) is -0.712. The molecule has 1 aliphatic rings. The van der Waals surface area contributed by atoms with Crippen LogP contribution < -0.4 is 10.1 Å². The summed E-state index contributed by atoms with van der Waals surface area (Å²) < 4.78 is 31.5. The second-order valence-electron chi connectivity index (χ2n) is 5.75. The number of anilines is 1. The summed E-state index contributed by atoms with van der Waals surface area (Å²) in [5, 5.41) is 2.66. The van der Waals surface area contributed by atoms with Crippen molar-refractivity contribution in [3.05, 3.63) is 54.6 Å². The minimum Gasteiger partial charge on any atom is -0.495 e. The zero-order valence-corrected chi connectivity index (χ0v) is 14.9. The van der Waals surface area contributed by atoms with Gasteiger partial charge in [0.1, 0.15) is 11.8 Å². The molecule has 1 atom stereocenters. The maximum atomic E-state index is 12.8. The van der Waals surface area contributed by atoms with Gasteiger partial charge in [-0.05, 0) is 30.7 Å². The van der Waals surface area contributed by atoms with Crippen molar-refractivity contribution in [2.45, 2.75) is 23.8 Å². The monoisotopic (exact) mass is 374 g/mol. The number of amides is 2. The van der Waals surface area contributed by atoms with Gasteiger partial charge in [-0.1, -0.05) is 30.3 Å². The molecule has 0 aliphatic carbocycles. The van der Waals surface area contributed by atoms with Crippen LogP contribution in [0.1, 0.15) is 12.8 Å². The Morgan fingerprint density at radius 2 is 1.77 bits per heavy atom. The predicted octanol–water partition coefficient (Wildman–Crippen LogP) is 2.01. The average Bonchev–Trinajstić information content (AvgIpc) is 3.05. The lowest BCUT2D eigenvalue weighted by Crippen LogP contribution is -2.45. The van der Waals surface area contributed by atoms with Gasteiger partial charge < -0.3 is 10.1 Å². The molecule has 7 nitrogen and oxygen atoms in total. The number of sulfonamides is 1. The number of carbonyl (C=O) groups is 2. The van der Waals surface area contributed by atoms with Gasteiger partial charge in [0, 0.05) is 6.42 Å². The molecule has 3 rings (SSSR count). The van der Waals surface area contributed by atoms with Crippen LogP contribution in [0.15, 0.2) is 59.5 Å². The van der Waals surface area contributed by atoms with E-state index in [1.165, 1.54) is 19.2 Å². The Morgan fingerprint density at radius 3 is 2.46 bits per heavy atom. The van der Waals surface area contributed by atoms with Crippen molar-refractivity contribution < 1.29 is 22.7 Å². The molecular weight excluding hydrogens is 356 g/mol. The largest absolute Gasteiger partial charge is 0.495 e. The molecule has 0 spiro atoms. The molecule has 0 saturated carbocycles. The number of benzene rings is 2. The van der Waals surface area contributed by atoms with E-state index < -0.39 is 27.9 Å². The molecule has 1 aliphatic heterocycles. The fourth-order valence-corrected chi connectivity index (χ4v) is 4.49. The molecule has 8 heteroatoms. The summed E-state index contributed by atoms with van der Waals surface area (Å²) in [6, 6.07) is 13.3. The van der Waals surface area contributed by atoms with Crippen molar-refractivity contribution in [3.8, 4) is 5.75 Å². The van der Waals surface area contributed by atoms with E-state index in [1.807, 2.05) is 0 Å². The third-order valence-electron chi connectivity index (χ3n) is 4.13. The van der Waals surface area contributed by atoms with Crippen LogP contribution in [-0.2, 0) is 19.6 Å². The number of para-hydroxylation sites is 2. The SMILES string of the molecule is COc1ccccc1NC(=O)C1CCC(=O)N1S(=O)(=O)c1ccccc1. The van der Waals surface area contributed by atoms with E-state index in [1.54, 1.807) is 42.5 Å². The van der Waals surface area contributed by atoms with Gasteiger partial charge >= 0.3 is 0 Å². The van der Waals surface area contributed by atoms with Gasteiger partial charge in [0.2, 0.25) is 11.8 Å². The minimum atomic E-state index is -4.10. The first kappa shape index (κ1) is 17.9. The Bertz CT molecular complexity index is 928. The molecule has 0 radical (unpaired) electrons. The third-order valence-corrected chi connectivity index (χ3v) is 5.97. The number of carbonyl (C=O) groups excluding carboxylic acids is 2. The van der Waals surface area contributed by atoms with Gasteiger partial charge in [0.15, 0.2) is 0 Å². The Morgan fingerprint density at radius 1 is 1.12 bits per heavy atom. The standard InChI is InChI=1S/C18H18N2O5S/c1-25-16-10-6-5-9-14(16)19-18(22)15-11-12-17(21)20(15)26(23,24)13-7-3-2-4-8-13/h2-10,15H,11-12H2,1H3,(H,19,22). The molecule has 1 saturated heterocycles. The number of rotatable bonds is 5. The quantitative estimate of drug-likeness (QED) is 0.864. The normalized spacial score (nSPS) is 17.2. The highest BCUT2D eigenvalue weighted by Crippen LogP contribution is 2.29. The maximum Gasteiger partial charge on any atom is 0.267 e. The smallest absolute Gasteiger partial charge is 0.267 e. The Kier molecular flexibility index (Phi) is 4.94. The Balaban J connectivity index is 1.89. The molecule has 2 aromatic rings. The summed E-state index contributed by atoms with van der Waals surface area (Å²) in [6.07, 6.45) is 0.127. The topological polar surface area (TPSA) is 92.8 Å². The Hall–Kier alpha value is -2.87. The summed E-state index contributed by atoms with van der Waals surface area (Å²) in [5.41, 5.74) is 0.413. The third kappa shape index (κ3) is 3.28. The van der Waals surface area contributed by atoms with Gasteiger partial charge in [0.05, 0.1) is 17.7 Å². The molecule has 0 aromatic heterocycles. The van der Waals surface area contributed by atoms with Gasteiger partial charge in [-0.15, -0.1) is 0 Å². The van der Waals surface area contributed by atoms with Crippen LogP contribution in [0.5, 0.6) is 5.75 Å². The summed E-state index contributed by atoms with van der Waals surface area (Å²) in [6.45, 7) is 0. The van der Waals surface area contributed by atoms with E-state index in [9.17, 15) is 18.0 Å². The van der Waals surface area contributed by atoms with Crippen LogP contribution in [0.2, 0.25) is 0 Å². The lowest BCUT2D eigenvalue weighted by atomic mass is 10.2. The van der Waals surface area contributed by atoms with Gasteiger partial charge in [0.25, 0.3) is 10.0 Å². The average molecular weight is 374 g/mol. The van der Waals surface area contributed by atoms with Crippen LogP contribution in [-0.4, -0.2) is 37.7 Å². The molecule has 1 fully saturated rings. The first-order valence-corrected chi connectivity index (χ1v) is 9.45. The van der Waals surface area contributed by atoms with Crippen molar-refractivity contribution >= 4 is 27.5 Å². The van der Waals surface area contributed by atoms with Crippen LogP contribution in [0, 0.1) is 0 Å². The highest BCUT2D eigenvalue weighted by molar-refractivity contribution is 7.89. The first-order valence-electron chi connectivity index (χ1n) is 8.01. The van der Waals surface area contributed by atoms with E-state index in [-0.39, 0.29) is 17.7 Å². The number of methoxy groups -OCH3 is 1. The van der Waals surface area contributed by atoms with Crippen molar-refractivity contribution in [1.29, 1.82) is 0 Å². The highest BCUT2D eigenvalue weighted by atomic mass is 32.2. The molecule has 136 valence electrons. The number of nitrogens with zero attached hydrogens (tertiary/aromatic N) is 1. The van der Waals surface area contributed by atoms with E-state index >= 15 is 0 Å². The number of hydrogen-bond donors (Lipinski definition) is 1. The molecule has 2 amide bonds. The number of ether oxygens (including phenoxy) is 1. The fourth-order valence-electron chi connectivity index (χ4n) is 2.87. The fraction of sp³-hybridized carbons (Fsp3) is 0.222. The second kappa shape index (κ2) is 7.17. The Labute approximate surface area is 151 Å². The van der Waals surface area contributed by atoms with Crippen molar-refractivity contribution in [1.82, 2.24) is 4.31 Å². The first-order chi connectivity index (χ1) is 12.4. The summed E-state index contributed by atoms with van der Waals surface area (Å²) in [4.78, 5) is 24.9. The molecule has 0 bridgehead atoms. The van der Waals surface area contributed by atoms with Gasteiger partial charge in [-0.3, -0.25) is 9.59 Å². The lowest BCUT2D eigenvalue weighted by molar-refractivity contribution is -0.128. The number of nitrogens with one attached hydrogen (secondary N) is 1. The van der Waals surface area contributed by atoms with E-state index in [0.717, 1.165) is 0 Å². The highest BCUT2D eigenvalue weighted by Gasteiger charge is 2.44. The van der Waals surface area contributed by atoms with Gasteiger partial charge in [-0.2, -0.15) is 0 Å². The molecular formula is C18H18N2O5S. The zero-order chi connectivity index (χ0) is 18.7. The van der Waals surface area contributed by atoms with Crippen molar-refractivity contribution in [2.75, 3.05) is 12.4 Å². The van der Waals surface area contributed by atoms with Crippen LogP contribution >= 0.6 is 0 Å². The van der Waals surface area contributed by atoms with Crippen LogP contribution in [0.4, 0.5) is 5.69 Å². The molecule has 1 N–H and O–H groups in total.